The highest BCUT2D eigenvalue weighted by atomic mass is 16.6. The molecule has 1 aromatic heterocycles. The van der Waals surface area contributed by atoms with E-state index in [-0.39, 0.29) is 17.8 Å². The minimum Gasteiger partial charge on any atom is -0.444 e. The van der Waals surface area contributed by atoms with Crippen LogP contribution in [-0.2, 0) is 22.5 Å². The molecule has 0 aliphatic carbocycles. The Morgan fingerprint density at radius 3 is 2.54 bits per heavy atom. The highest BCUT2D eigenvalue weighted by Gasteiger charge is 2.33. The van der Waals surface area contributed by atoms with E-state index in [1.165, 1.54) is 0 Å². The lowest BCUT2D eigenvalue weighted by Gasteiger charge is -2.38. The number of pyridine rings is 1. The van der Waals surface area contributed by atoms with Gasteiger partial charge in [-0.2, -0.15) is 0 Å². The molecule has 0 unspecified atom stereocenters. The molecule has 1 amide bonds. The number of nitrogens with one attached hydrogen (secondary N) is 1. The van der Waals surface area contributed by atoms with Gasteiger partial charge >= 0.3 is 6.09 Å². The molecule has 2 aliphatic heterocycles. The summed E-state index contributed by atoms with van der Waals surface area (Å²) in [5, 5.41) is 1.70. The zero-order chi connectivity index (χ0) is 19.9. The molecule has 0 radical (unpaired) electrons. The van der Waals surface area contributed by atoms with Gasteiger partial charge in [-0.1, -0.05) is 18.2 Å². The number of likely N-dealkylation sites (tertiary alicyclic amines) is 1. The van der Waals surface area contributed by atoms with Crippen LogP contribution in [0.2, 0.25) is 0 Å². The van der Waals surface area contributed by atoms with Gasteiger partial charge in [-0.05, 0) is 51.0 Å². The number of amides is 1. The fraction of sp³-hybridized carbons (Fsp3) is 0.545. The molecule has 4 rings (SSSR count). The van der Waals surface area contributed by atoms with E-state index in [4.69, 9.17) is 9.47 Å². The number of piperidine rings is 1. The summed E-state index contributed by atoms with van der Waals surface area (Å²) in [5.41, 5.74) is 1.58. The Bertz CT molecular complexity index is 936. The van der Waals surface area contributed by atoms with E-state index < -0.39 is 5.60 Å². The van der Waals surface area contributed by atoms with Crippen molar-refractivity contribution in [2.45, 2.75) is 58.3 Å². The molecule has 2 aromatic rings. The van der Waals surface area contributed by atoms with Gasteiger partial charge in [-0.15, -0.1) is 0 Å². The second-order valence-corrected chi connectivity index (χ2v) is 8.82. The first-order chi connectivity index (χ1) is 13.3. The number of benzene rings is 1. The third-order valence-electron chi connectivity index (χ3n) is 5.69. The molecule has 1 atom stereocenters. The number of H-pyrrole nitrogens is 1. The molecule has 2 aliphatic rings. The maximum Gasteiger partial charge on any atom is 0.410 e. The van der Waals surface area contributed by atoms with Crippen LogP contribution in [0.3, 0.4) is 0 Å². The molecule has 1 aromatic carbocycles. The van der Waals surface area contributed by atoms with Crippen LogP contribution in [0.25, 0.3) is 10.8 Å². The average molecular weight is 384 g/mol. The zero-order valence-corrected chi connectivity index (χ0v) is 16.8. The first kappa shape index (κ1) is 19.0. The van der Waals surface area contributed by atoms with E-state index in [1.807, 2.05) is 45.0 Å². The van der Waals surface area contributed by atoms with Gasteiger partial charge in [0.05, 0.1) is 12.7 Å². The van der Waals surface area contributed by atoms with E-state index in [0.717, 1.165) is 29.5 Å². The van der Waals surface area contributed by atoms with Crippen molar-refractivity contribution in [1.29, 1.82) is 0 Å². The number of carbonyl (C=O) groups excluding carboxylic acids is 1. The first-order valence-corrected chi connectivity index (χ1v) is 10.0. The SMILES string of the molecule is CC(C)(C)OC(=O)N1CCC([C@H]2Cc3[nH]c(=O)c4ccccc4c3CO2)CC1. The predicted molar refractivity (Wildman–Crippen MR) is 107 cm³/mol. The molecule has 6 heteroatoms. The summed E-state index contributed by atoms with van der Waals surface area (Å²) in [6.07, 6.45) is 2.32. The molecule has 1 saturated heterocycles. The summed E-state index contributed by atoms with van der Waals surface area (Å²) in [6, 6.07) is 7.69. The normalized spacial score (nSPS) is 20.8. The van der Waals surface area contributed by atoms with Crippen molar-refractivity contribution in [1.82, 2.24) is 9.88 Å². The van der Waals surface area contributed by atoms with Crippen molar-refractivity contribution in [3.8, 4) is 0 Å². The maximum absolute atomic E-state index is 12.4. The number of ether oxygens (including phenoxy) is 2. The molecule has 1 fully saturated rings. The third-order valence-corrected chi connectivity index (χ3v) is 5.69. The van der Waals surface area contributed by atoms with Crippen molar-refractivity contribution in [3.63, 3.8) is 0 Å². The Hall–Kier alpha value is -2.34. The molecule has 150 valence electrons. The van der Waals surface area contributed by atoms with Crippen LogP contribution in [0.15, 0.2) is 29.1 Å². The molecule has 0 saturated carbocycles. The van der Waals surface area contributed by atoms with Crippen molar-refractivity contribution < 1.29 is 14.3 Å². The van der Waals surface area contributed by atoms with Gasteiger partial charge in [0.25, 0.3) is 5.56 Å². The molecular weight excluding hydrogens is 356 g/mol. The van der Waals surface area contributed by atoms with Crippen LogP contribution >= 0.6 is 0 Å². The Labute approximate surface area is 164 Å². The number of rotatable bonds is 1. The van der Waals surface area contributed by atoms with Gasteiger partial charge in [0, 0.05) is 36.2 Å². The number of carbonyl (C=O) groups is 1. The number of hydrogen-bond acceptors (Lipinski definition) is 4. The third kappa shape index (κ3) is 3.78. The van der Waals surface area contributed by atoms with Gasteiger partial charge in [0.15, 0.2) is 0 Å². The number of fused-ring (bicyclic) bond motifs is 3. The highest BCUT2D eigenvalue weighted by Crippen LogP contribution is 2.32. The molecular formula is C22H28N2O4. The lowest BCUT2D eigenvalue weighted by Crippen LogP contribution is -2.45. The molecule has 0 bridgehead atoms. The van der Waals surface area contributed by atoms with Crippen LogP contribution in [-0.4, -0.2) is 40.8 Å². The lowest BCUT2D eigenvalue weighted by molar-refractivity contribution is -0.0333. The Balaban J connectivity index is 1.43. The zero-order valence-electron chi connectivity index (χ0n) is 16.8. The topological polar surface area (TPSA) is 71.6 Å². The number of hydrogen-bond donors (Lipinski definition) is 1. The molecule has 6 nitrogen and oxygen atoms in total. The fourth-order valence-corrected chi connectivity index (χ4v) is 4.26. The van der Waals surface area contributed by atoms with Crippen LogP contribution in [0, 0.1) is 5.92 Å². The largest absolute Gasteiger partial charge is 0.444 e. The summed E-state index contributed by atoms with van der Waals surface area (Å²) in [7, 11) is 0. The summed E-state index contributed by atoms with van der Waals surface area (Å²) in [5.74, 6) is 0.377. The molecule has 28 heavy (non-hydrogen) atoms. The van der Waals surface area contributed by atoms with Gasteiger partial charge in [0.1, 0.15) is 5.60 Å². The van der Waals surface area contributed by atoms with Crippen LogP contribution in [0.4, 0.5) is 4.79 Å². The van der Waals surface area contributed by atoms with Gasteiger partial charge < -0.3 is 19.4 Å². The quantitative estimate of drug-likeness (QED) is 0.815. The Morgan fingerprint density at radius 2 is 1.86 bits per heavy atom. The van der Waals surface area contributed by atoms with E-state index in [1.54, 1.807) is 4.90 Å². The summed E-state index contributed by atoms with van der Waals surface area (Å²) in [4.78, 5) is 29.5. The fourth-order valence-electron chi connectivity index (χ4n) is 4.26. The van der Waals surface area contributed by atoms with Crippen molar-refractivity contribution in [3.05, 3.63) is 45.9 Å². The standard InChI is InChI=1S/C22H28N2O4/c1-22(2,3)28-21(26)24-10-8-14(9-11-24)19-12-18-17(13-27-19)15-6-4-5-7-16(15)20(25)23-18/h4-7,14,19H,8-13H2,1-3H3,(H,23,25)/t19-/m1/s1. The predicted octanol–water partition coefficient (Wildman–Crippen LogP) is 3.62. The van der Waals surface area contributed by atoms with Crippen LogP contribution in [0.1, 0.15) is 44.9 Å². The Kier molecular flexibility index (Phi) is 4.91. The lowest BCUT2D eigenvalue weighted by atomic mass is 9.86. The summed E-state index contributed by atoms with van der Waals surface area (Å²) < 4.78 is 11.7. The second kappa shape index (κ2) is 7.24. The minimum atomic E-state index is -0.473. The minimum absolute atomic E-state index is 0.0326. The number of aromatic amines is 1. The van der Waals surface area contributed by atoms with Crippen LogP contribution < -0.4 is 5.56 Å². The molecule has 0 spiro atoms. The van der Waals surface area contributed by atoms with E-state index in [9.17, 15) is 9.59 Å². The van der Waals surface area contributed by atoms with E-state index in [2.05, 4.69) is 4.98 Å². The van der Waals surface area contributed by atoms with Crippen molar-refractivity contribution in [2.24, 2.45) is 5.92 Å². The number of aromatic nitrogens is 1. The molecule has 1 N–H and O–H groups in total. The van der Waals surface area contributed by atoms with Crippen molar-refractivity contribution in [2.75, 3.05) is 13.1 Å². The second-order valence-electron chi connectivity index (χ2n) is 8.82. The molecule has 3 heterocycles. The Morgan fingerprint density at radius 1 is 1.18 bits per heavy atom. The van der Waals surface area contributed by atoms with Gasteiger partial charge in [0.2, 0.25) is 0 Å². The van der Waals surface area contributed by atoms with E-state index in [0.29, 0.717) is 37.4 Å². The maximum atomic E-state index is 12.4. The van der Waals surface area contributed by atoms with Gasteiger partial charge in [-0.25, -0.2) is 4.79 Å². The number of nitrogens with zero attached hydrogens (tertiary/aromatic N) is 1. The monoisotopic (exact) mass is 384 g/mol. The summed E-state index contributed by atoms with van der Waals surface area (Å²) in [6.45, 7) is 7.53. The van der Waals surface area contributed by atoms with Crippen molar-refractivity contribution >= 4 is 16.9 Å². The first-order valence-electron chi connectivity index (χ1n) is 10.0. The smallest absolute Gasteiger partial charge is 0.410 e. The average Bonchev–Trinajstić information content (AvgIpc) is 2.67. The summed E-state index contributed by atoms with van der Waals surface area (Å²) >= 11 is 0. The highest BCUT2D eigenvalue weighted by molar-refractivity contribution is 5.85. The van der Waals surface area contributed by atoms with E-state index >= 15 is 0 Å². The van der Waals surface area contributed by atoms with Crippen LogP contribution in [0.5, 0.6) is 0 Å². The van der Waals surface area contributed by atoms with Gasteiger partial charge in [-0.3, -0.25) is 4.79 Å².